The molecule has 2 aliphatic heterocycles. The van der Waals surface area contributed by atoms with Gasteiger partial charge in [-0.3, -0.25) is 0 Å². The Kier molecular flexibility index (Phi) is 3.21. The summed E-state index contributed by atoms with van der Waals surface area (Å²) in [5, 5.41) is 3.22. The largest absolute Gasteiger partial charge is 0.381 e. The van der Waals surface area contributed by atoms with Crippen LogP contribution in [0.2, 0.25) is 0 Å². The molecule has 0 aromatic heterocycles. The van der Waals surface area contributed by atoms with Crippen molar-refractivity contribution in [2.75, 3.05) is 32.8 Å². The molecular formula is C20H26N2O2. The van der Waals surface area contributed by atoms with Crippen LogP contribution in [0.5, 0.6) is 0 Å². The number of likely N-dealkylation sites (tertiary alicyclic amines) is 1. The number of ether oxygens (including phenoxy) is 1. The van der Waals surface area contributed by atoms with E-state index in [1.54, 1.807) is 5.56 Å². The van der Waals surface area contributed by atoms with Gasteiger partial charge < -0.3 is 15.0 Å². The van der Waals surface area contributed by atoms with Gasteiger partial charge in [-0.25, -0.2) is 4.79 Å². The zero-order valence-corrected chi connectivity index (χ0v) is 14.2. The third-order valence-corrected chi connectivity index (χ3v) is 7.04. The van der Waals surface area contributed by atoms with E-state index in [0.717, 1.165) is 45.7 Å². The highest BCUT2D eigenvalue weighted by Crippen LogP contribution is 2.61. The van der Waals surface area contributed by atoms with E-state index in [4.69, 9.17) is 4.74 Å². The molecule has 128 valence electrons. The van der Waals surface area contributed by atoms with Gasteiger partial charge in [0.25, 0.3) is 0 Å². The molecule has 24 heavy (non-hydrogen) atoms. The standard InChI is InChI=1S/C20H26N2O2/c23-18(22-9-7-19(13-22)8-10-24-14-19)21-12-16-11-20(16)6-5-15-3-1-2-4-17(15)20/h1-4,16H,5-14H2,(H,21,23)/t16-,19+,20+/m0/s1. The number of rotatable bonds is 2. The van der Waals surface area contributed by atoms with Crippen LogP contribution in [0.15, 0.2) is 24.3 Å². The highest BCUT2D eigenvalue weighted by atomic mass is 16.5. The first-order valence-electron chi connectivity index (χ1n) is 9.40. The maximum absolute atomic E-state index is 12.5. The van der Waals surface area contributed by atoms with Crippen LogP contribution >= 0.6 is 0 Å². The maximum atomic E-state index is 12.5. The molecule has 3 fully saturated rings. The van der Waals surface area contributed by atoms with E-state index < -0.39 is 0 Å². The van der Waals surface area contributed by atoms with E-state index in [1.165, 1.54) is 24.8 Å². The number of fused-ring (bicyclic) bond motifs is 2. The van der Waals surface area contributed by atoms with Gasteiger partial charge in [0.1, 0.15) is 0 Å². The third-order valence-electron chi connectivity index (χ3n) is 7.04. The van der Waals surface area contributed by atoms with Crippen molar-refractivity contribution < 1.29 is 9.53 Å². The molecule has 0 bridgehead atoms. The molecule has 1 aromatic rings. The van der Waals surface area contributed by atoms with Crippen molar-refractivity contribution in [2.24, 2.45) is 11.3 Å². The Labute approximate surface area is 143 Å². The number of carbonyl (C=O) groups is 1. The van der Waals surface area contributed by atoms with Crippen LogP contribution in [-0.4, -0.2) is 43.8 Å². The number of carbonyl (C=O) groups excluding carboxylic acids is 1. The molecule has 4 heteroatoms. The number of hydrogen-bond donors (Lipinski definition) is 1. The van der Waals surface area contributed by atoms with Crippen LogP contribution in [0.25, 0.3) is 0 Å². The molecule has 5 rings (SSSR count). The lowest BCUT2D eigenvalue weighted by Gasteiger charge is -2.22. The molecule has 1 saturated carbocycles. The summed E-state index contributed by atoms with van der Waals surface area (Å²) in [6.45, 7) is 4.28. The number of nitrogens with zero attached hydrogens (tertiary/aromatic N) is 1. The molecule has 4 aliphatic rings. The van der Waals surface area contributed by atoms with Crippen molar-refractivity contribution in [1.29, 1.82) is 0 Å². The predicted molar refractivity (Wildman–Crippen MR) is 92.0 cm³/mol. The predicted octanol–water partition coefficient (Wildman–Crippen LogP) is 2.71. The molecule has 4 nitrogen and oxygen atoms in total. The van der Waals surface area contributed by atoms with Crippen molar-refractivity contribution in [3.63, 3.8) is 0 Å². The molecule has 2 amide bonds. The van der Waals surface area contributed by atoms with Gasteiger partial charge in [0.2, 0.25) is 0 Å². The van der Waals surface area contributed by atoms with Gasteiger partial charge in [-0.05, 0) is 49.1 Å². The Morgan fingerprint density at radius 1 is 1.29 bits per heavy atom. The Morgan fingerprint density at radius 2 is 2.21 bits per heavy atom. The molecule has 1 N–H and O–H groups in total. The SMILES string of the molecule is O=C(NC[C@@H]1C[C@]12CCc1ccccc12)N1CC[C@@]2(CCOC2)C1. The smallest absolute Gasteiger partial charge is 0.317 e. The van der Waals surface area contributed by atoms with E-state index in [-0.39, 0.29) is 11.4 Å². The van der Waals surface area contributed by atoms with Crippen molar-refractivity contribution in [3.8, 4) is 0 Å². The second kappa shape index (κ2) is 5.22. The molecule has 0 radical (unpaired) electrons. The number of urea groups is 1. The minimum Gasteiger partial charge on any atom is -0.381 e. The van der Waals surface area contributed by atoms with Gasteiger partial charge in [-0.1, -0.05) is 24.3 Å². The lowest BCUT2D eigenvalue weighted by Crippen LogP contribution is -2.41. The molecule has 2 saturated heterocycles. The summed E-state index contributed by atoms with van der Waals surface area (Å²) in [7, 11) is 0. The normalized spacial score (nSPS) is 36.5. The molecule has 2 aliphatic carbocycles. The van der Waals surface area contributed by atoms with E-state index in [0.29, 0.717) is 11.3 Å². The van der Waals surface area contributed by atoms with Gasteiger partial charge in [0.15, 0.2) is 0 Å². The highest BCUT2D eigenvalue weighted by Gasteiger charge is 2.57. The first-order chi connectivity index (χ1) is 11.7. The summed E-state index contributed by atoms with van der Waals surface area (Å²) < 4.78 is 5.56. The number of hydrogen-bond acceptors (Lipinski definition) is 2. The first-order valence-corrected chi connectivity index (χ1v) is 9.40. The lowest BCUT2D eigenvalue weighted by atomic mass is 9.87. The van der Waals surface area contributed by atoms with Crippen LogP contribution in [0.3, 0.4) is 0 Å². The minimum atomic E-state index is 0.132. The van der Waals surface area contributed by atoms with Crippen LogP contribution in [-0.2, 0) is 16.6 Å². The number of benzene rings is 1. The van der Waals surface area contributed by atoms with E-state index >= 15 is 0 Å². The number of aryl methyl sites for hydroxylation is 1. The highest BCUT2D eigenvalue weighted by molar-refractivity contribution is 5.74. The van der Waals surface area contributed by atoms with Crippen LogP contribution in [0.1, 0.15) is 36.8 Å². The van der Waals surface area contributed by atoms with E-state index in [1.807, 2.05) is 4.90 Å². The van der Waals surface area contributed by atoms with Crippen molar-refractivity contribution in [1.82, 2.24) is 10.2 Å². The molecule has 2 spiro atoms. The zero-order chi connectivity index (χ0) is 16.2. The monoisotopic (exact) mass is 326 g/mol. The second-order valence-electron chi connectivity index (χ2n) is 8.37. The van der Waals surface area contributed by atoms with Gasteiger partial charge in [-0.15, -0.1) is 0 Å². The maximum Gasteiger partial charge on any atom is 0.317 e. The number of amides is 2. The molecule has 3 atom stereocenters. The lowest BCUT2D eigenvalue weighted by molar-refractivity contribution is 0.152. The fraction of sp³-hybridized carbons (Fsp3) is 0.650. The average molecular weight is 326 g/mol. The number of nitrogens with one attached hydrogen (secondary N) is 1. The zero-order valence-electron chi connectivity index (χ0n) is 14.2. The summed E-state index contributed by atoms with van der Waals surface area (Å²) in [5.74, 6) is 0.622. The van der Waals surface area contributed by atoms with E-state index in [9.17, 15) is 4.79 Å². The fourth-order valence-electron chi connectivity index (χ4n) is 5.40. The van der Waals surface area contributed by atoms with Gasteiger partial charge in [-0.2, -0.15) is 0 Å². The van der Waals surface area contributed by atoms with Crippen molar-refractivity contribution in [3.05, 3.63) is 35.4 Å². The Bertz CT molecular complexity index is 667. The van der Waals surface area contributed by atoms with Crippen LogP contribution < -0.4 is 5.32 Å². The summed E-state index contributed by atoms with van der Waals surface area (Å²) >= 11 is 0. The topological polar surface area (TPSA) is 41.6 Å². The molecular weight excluding hydrogens is 300 g/mol. The van der Waals surface area contributed by atoms with Gasteiger partial charge >= 0.3 is 6.03 Å². The first kappa shape index (κ1) is 14.8. The second-order valence-corrected chi connectivity index (χ2v) is 8.37. The summed E-state index contributed by atoms with van der Waals surface area (Å²) in [6.07, 6.45) is 5.91. The van der Waals surface area contributed by atoms with Crippen molar-refractivity contribution in [2.45, 2.75) is 37.5 Å². The molecule has 1 aromatic carbocycles. The van der Waals surface area contributed by atoms with Crippen LogP contribution in [0, 0.1) is 11.3 Å². The summed E-state index contributed by atoms with van der Waals surface area (Å²) in [5.41, 5.74) is 3.69. The van der Waals surface area contributed by atoms with Gasteiger partial charge in [0.05, 0.1) is 6.61 Å². The third kappa shape index (κ3) is 2.19. The Balaban J connectivity index is 1.18. The quantitative estimate of drug-likeness (QED) is 0.908. The fourth-order valence-corrected chi connectivity index (χ4v) is 5.40. The average Bonchev–Trinajstić information content (AvgIpc) is 2.98. The van der Waals surface area contributed by atoms with Gasteiger partial charge in [0, 0.05) is 37.1 Å². The van der Waals surface area contributed by atoms with Crippen molar-refractivity contribution >= 4 is 6.03 Å². The van der Waals surface area contributed by atoms with E-state index in [2.05, 4.69) is 29.6 Å². The minimum absolute atomic E-state index is 0.132. The molecule has 2 heterocycles. The Hall–Kier alpha value is -1.55. The summed E-state index contributed by atoms with van der Waals surface area (Å²) in [6, 6.07) is 9.01. The van der Waals surface area contributed by atoms with Crippen LogP contribution in [0.4, 0.5) is 4.79 Å². The molecule has 0 unspecified atom stereocenters. The summed E-state index contributed by atoms with van der Waals surface area (Å²) in [4.78, 5) is 14.5. The Morgan fingerprint density at radius 3 is 3.08 bits per heavy atom.